The molecule has 1 aliphatic rings. The number of aliphatic imine (C=N–C) groups is 1. The highest BCUT2D eigenvalue weighted by Gasteiger charge is 2.21. The van der Waals surface area contributed by atoms with Crippen molar-refractivity contribution in [2.45, 2.75) is 31.6 Å². The number of hydrogen-bond donors (Lipinski definition) is 2. The highest BCUT2D eigenvalue weighted by molar-refractivity contribution is 7.84. The average molecular weight is 443 g/mol. The molecule has 2 aromatic carbocycles. The third kappa shape index (κ3) is 7.58. The molecular formula is C24H34N4O2S. The van der Waals surface area contributed by atoms with Crippen molar-refractivity contribution in [1.82, 2.24) is 10.6 Å². The van der Waals surface area contributed by atoms with Crippen LogP contribution in [0.3, 0.4) is 0 Å². The highest BCUT2D eigenvalue weighted by atomic mass is 32.2. The Labute approximate surface area is 188 Å². The van der Waals surface area contributed by atoms with E-state index in [1.165, 1.54) is 5.69 Å². The van der Waals surface area contributed by atoms with Gasteiger partial charge in [-0.15, -0.1) is 0 Å². The van der Waals surface area contributed by atoms with Gasteiger partial charge in [0.2, 0.25) is 0 Å². The van der Waals surface area contributed by atoms with Gasteiger partial charge in [-0.2, -0.15) is 0 Å². The van der Waals surface area contributed by atoms with Gasteiger partial charge in [-0.3, -0.25) is 9.20 Å². The molecule has 2 N–H and O–H groups in total. The lowest BCUT2D eigenvalue weighted by atomic mass is 10.0. The molecule has 0 amide bonds. The quantitative estimate of drug-likeness (QED) is 0.461. The van der Waals surface area contributed by atoms with Gasteiger partial charge in [0.15, 0.2) is 5.96 Å². The SMILES string of the molecule is CCNC(=NCCS(=O)Cc1ccccc1)NC1CCCN(c2cccc(OC)c2)C1. The van der Waals surface area contributed by atoms with Gasteiger partial charge < -0.3 is 20.3 Å². The summed E-state index contributed by atoms with van der Waals surface area (Å²) < 4.78 is 17.8. The second kappa shape index (κ2) is 12.3. The molecule has 3 rings (SSSR count). The molecule has 0 aliphatic carbocycles. The van der Waals surface area contributed by atoms with Gasteiger partial charge in [0.25, 0.3) is 0 Å². The standard InChI is InChI=1S/C24H34N4O2S/c1-3-25-24(26-14-16-31(29)19-20-9-5-4-6-10-20)27-21-11-8-15-28(18-21)22-12-7-13-23(17-22)30-2/h4-7,9-10,12-13,17,21H,3,8,11,14-16,18-19H2,1-2H3,(H2,25,26,27). The Morgan fingerprint density at radius 1 is 1.23 bits per heavy atom. The Bertz CT molecular complexity index is 860. The molecule has 2 aromatic rings. The highest BCUT2D eigenvalue weighted by Crippen LogP contribution is 2.24. The van der Waals surface area contributed by atoms with Gasteiger partial charge in [0.05, 0.1) is 13.7 Å². The maximum atomic E-state index is 12.4. The molecule has 0 saturated carbocycles. The molecule has 1 saturated heterocycles. The summed E-state index contributed by atoms with van der Waals surface area (Å²) in [6.45, 7) is 5.36. The largest absolute Gasteiger partial charge is 0.497 e. The van der Waals surface area contributed by atoms with E-state index in [0.717, 1.165) is 49.7 Å². The molecule has 2 atom stereocenters. The number of ether oxygens (including phenoxy) is 1. The molecule has 0 radical (unpaired) electrons. The maximum Gasteiger partial charge on any atom is 0.191 e. The van der Waals surface area contributed by atoms with Crippen LogP contribution < -0.4 is 20.3 Å². The van der Waals surface area contributed by atoms with E-state index in [9.17, 15) is 4.21 Å². The van der Waals surface area contributed by atoms with Gasteiger partial charge in [-0.25, -0.2) is 0 Å². The van der Waals surface area contributed by atoms with Crippen molar-refractivity contribution in [2.75, 3.05) is 43.9 Å². The molecule has 2 unspecified atom stereocenters. The van der Waals surface area contributed by atoms with Gasteiger partial charge in [0, 0.05) is 59.7 Å². The molecule has 1 heterocycles. The van der Waals surface area contributed by atoms with Crippen LogP contribution in [0.5, 0.6) is 5.75 Å². The molecule has 168 valence electrons. The summed E-state index contributed by atoms with van der Waals surface area (Å²) in [5.74, 6) is 2.83. The predicted molar refractivity (Wildman–Crippen MR) is 130 cm³/mol. The lowest BCUT2D eigenvalue weighted by molar-refractivity contribution is 0.414. The van der Waals surface area contributed by atoms with Crippen molar-refractivity contribution in [3.05, 3.63) is 60.2 Å². The fourth-order valence-electron chi connectivity index (χ4n) is 3.74. The minimum Gasteiger partial charge on any atom is -0.497 e. The van der Waals surface area contributed by atoms with Crippen LogP contribution in [0.15, 0.2) is 59.6 Å². The van der Waals surface area contributed by atoms with E-state index in [-0.39, 0.29) is 0 Å². The maximum absolute atomic E-state index is 12.4. The molecule has 0 spiro atoms. The third-order valence-corrected chi connectivity index (χ3v) is 6.58. The van der Waals surface area contributed by atoms with Crippen LogP contribution in [-0.2, 0) is 16.6 Å². The van der Waals surface area contributed by atoms with Crippen molar-refractivity contribution in [1.29, 1.82) is 0 Å². The second-order valence-electron chi connectivity index (χ2n) is 7.67. The van der Waals surface area contributed by atoms with E-state index >= 15 is 0 Å². The van der Waals surface area contributed by atoms with Gasteiger partial charge in [-0.05, 0) is 37.5 Å². The third-order valence-electron chi connectivity index (χ3n) is 5.28. The summed E-state index contributed by atoms with van der Waals surface area (Å²) in [7, 11) is 0.785. The fraction of sp³-hybridized carbons (Fsp3) is 0.458. The average Bonchev–Trinajstić information content (AvgIpc) is 2.80. The lowest BCUT2D eigenvalue weighted by Gasteiger charge is -2.35. The molecular weight excluding hydrogens is 408 g/mol. The molecule has 0 bridgehead atoms. The van der Waals surface area contributed by atoms with Crippen LogP contribution in [0.2, 0.25) is 0 Å². The van der Waals surface area contributed by atoms with Crippen molar-refractivity contribution >= 4 is 22.4 Å². The Hall–Kier alpha value is -2.54. The summed E-state index contributed by atoms with van der Waals surface area (Å²) >= 11 is 0. The summed E-state index contributed by atoms with van der Waals surface area (Å²) in [5, 5.41) is 6.90. The fourth-order valence-corrected chi connectivity index (χ4v) is 4.75. The van der Waals surface area contributed by atoms with Crippen molar-refractivity contribution in [2.24, 2.45) is 4.99 Å². The van der Waals surface area contributed by atoms with Crippen LogP contribution >= 0.6 is 0 Å². The number of anilines is 1. The number of nitrogens with zero attached hydrogens (tertiary/aromatic N) is 2. The first kappa shape index (κ1) is 23.1. The number of guanidine groups is 1. The number of piperidine rings is 1. The zero-order chi connectivity index (χ0) is 21.9. The summed E-state index contributed by atoms with van der Waals surface area (Å²) in [4.78, 5) is 7.07. The summed E-state index contributed by atoms with van der Waals surface area (Å²) in [5.41, 5.74) is 2.29. The Morgan fingerprint density at radius 3 is 2.84 bits per heavy atom. The number of methoxy groups -OCH3 is 1. The normalized spacial score (nSPS) is 17.8. The first-order chi connectivity index (χ1) is 15.2. The van der Waals surface area contributed by atoms with Crippen molar-refractivity contribution < 1.29 is 8.95 Å². The zero-order valence-electron chi connectivity index (χ0n) is 18.5. The van der Waals surface area contributed by atoms with Crippen LogP contribution in [-0.4, -0.2) is 55.3 Å². The molecule has 0 aromatic heterocycles. The molecule has 6 nitrogen and oxygen atoms in total. The molecule has 1 fully saturated rings. The van der Waals surface area contributed by atoms with E-state index in [4.69, 9.17) is 4.74 Å². The zero-order valence-corrected chi connectivity index (χ0v) is 19.4. The van der Waals surface area contributed by atoms with Gasteiger partial charge in [-0.1, -0.05) is 36.4 Å². The number of benzene rings is 2. The van der Waals surface area contributed by atoms with Gasteiger partial charge >= 0.3 is 0 Å². The Morgan fingerprint density at radius 2 is 2.06 bits per heavy atom. The summed E-state index contributed by atoms with van der Waals surface area (Å²) in [6, 6.07) is 18.5. The minimum atomic E-state index is -0.915. The van der Waals surface area contributed by atoms with Crippen LogP contribution in [0, 0.1) is 0 Å². The smallest absolute Gasteiger partial charge is 0.191 e. The number of nitrogens with one attached hydrogen (secondary N) is 2. The van der Waals surface area contributed by atoms with E-state index in [2.05, 4.69) is 39.6 Å². The van der Waals surface area contributed by atoms with Crippen molar-refractivity contribution in [3.8, 4) is 5.75 Å². The first-order valence-electron chi connectivity index (χ1n) is 11.0. The van der Waals surface area contributed by atoms with E-state index < -0.39 is 10.8 Å². The van der Waals surface area contributed by atoms with E-state index in [1.54, 1.807) is 7.11 Å². The monoisotopic (exact) mass is 442 g/mol. The molecule has 7 heteroatoms. The lowest BCUT2D eigenvalue weighted by Crippen LogP contribution is -2.51. The summed E-state index contributed by atoms with van der Waals surface area (Å²) in [6.07, 6.45) is 2.22. The molecule has 1 aliphatic heterocycles. The van der Waals surface area contributed by atoms with Crippen molar-refractivity contribution in [3.63, 3.8) is 0 Å². The number of rotatable bonds is 9. The van der Waals surface area contributed by atoms with E-state index in [0.29, 0.717) is 24.1 Å². The van der Waals surface area contributed by atoms with Crippen LogP contribution in [0.25, 0.3) is 0 Å². The second-order valence-corrected chi connectivity index (χ2v) is 9.24. The van der Waals surface area contributed by atoms with Crippen LogP contribution in [0.1, 0.15) is 25.3 Å². The van der Waals surface area contributed by atoms with Crippen LogP contribution in [0.4, 0.5) is 5.69 Å². The Kier molecular flexibility index (Phi) is 9.21. The van der Waals surface area contributed by atoms with Gasteiger partial charge in [0.1, 0.15) is 5.75 Å². The predicted octanol–water partition coefficient (Wildman–Crippen LogP) is 3.17. The molecule has 31 heavy (non-hydrogen) atoms. The first-order valence-corrected chi connectivity index (χ1v) is 12.5. The number of hydrogen-bond acceptors (Lipinski definition) is 4. The van der Waals surface area contributed by atoms with E-state index in [1.807, 2.05) is 42.5 Å². The minimum absolute atomic E-state index is 0.313. The Balaban J connectivity index is 1.52. The topological polar surface area (TPSA) is 66.0 Å².